The van der Waals surface area contributed by atoms with Gasteiger partial charge in [-0.25, -0.2) is 14.1 Å². The minimum atomic E-state index is -0.878. The van der Waals surface area contributed by atoms with Gasteiger partial charge in [-0.05, 0) is 51.3 Å². The van der Waals surface area contributed by atoms with Crippen LogP contribution in [-0.2, 0) is 11.3 Å². The maximum absolute atomic E-state index is 15.1. The summed E-state index contributed by atoms with van der Waals surface area (Å²) < 4.78 is 27.3. The van der Waals surface area contributed by atoms with Crippen molar-refractivity contribution in [3.63, 3.8) is 0 Å². The van der Waals surface area contributed by atoms with Crippen molar-refractivity contribution < 1.29 is 23.8 Å². The Balaban J connectivity index is 1.56. The van der Waals surface area contributed by atoms with Crippen molar-refractivity contribution in [2.75, 3.05) is 12.1 Å². The van der Waals surface area contributed by atoms with Crippen molar-refractivity contribution in [3.8, 4) is 22.6 Å². The lowest BCUT2D eigenvalue weighted by Crippen LogP contribution is -2.39. The fourth-order valence-electron chi connectivity index (χ4n) is 4.19. The Morgan fingerprint density at radius 1 is 1.33 bits per heavy atom. The minimum absolute atomic E-state index is 0.0179. The number of carbonyl (C=O) groups is 1. The van der Waals surface area contributed by atoms with E-state index in [1.807, 2.05) is 6.92 Å². The van der Waals surface area contributed by atoms with E-state index < -0.39 is 16.8 Å². The fourth-order valence-corrected chi connectivity index (χ4v) is 4.19. The van der Waals surface area contributed by atoms with Crippen LogP contribution in [0.3, 0.4) is 0 Å². The summed E-state index contributed by atoms with van der Waals surface area (Å²) in [4.78, 5) is 17.5. The molecule has 1 aliphatic carbocycles. The van der Waals surface area contributed by atoms with E-state index in [1.54, 1.807) is 42.9 Å². The number of amides is 1. The average molecular weight is 455 g/mol. The monoisotopic (exact) mass is 454 g/mol. The smallest absolute Gasteiger partial charge is 0.231 e. The maximum Gasteiger partial charge on any atom is 0.231 e. The Morgan fingerprint density at radius 2 is 2.12 bits per heavy atom. The van der Waals surface area contributed by atoms with Crippen molar-refractivity contribution in [2.24, 2.45) is 5.41 Å². The first kappa shape index (κ1) is 21.6. The number of aliphatic hydroxyl groups is 1. The van der Waals surface area contributed by atoms with Crippen molar-refractivity contribution in [2.45, 2.75) is 58.6 Å². The van der Waals surface area contributed by atoms with Crippen LogP contribution in [0.15, 0.2) is 24.4 Å². The first-order chi connectivity index (χ1) is 15.6. The summed E-state index contributed by atoms with van der Waals surface area (Å²) in [7, 11) is 0. The number of nitrogens with zero attached hydrogens (tertiary/aromatic N) is 3. The van der Waals surface area contributed by atoms with Gasteiger partial charge in [-0.15, -0.1) is 0 Å². The number of fused-ring (bicyclic) bond motifs is 2. The van der Waals surface area contributed by atoms with Crippen LogP contribution in [0.5, 0.6) is 11.5 Å². The molecular weight excluding hydrogens is 427 g/mol. The van der Waals surface area contributed by atoms with E-state index in [4.69, 9.17) is 9.47 Å². The number of hydrogen-bond donors (Lipinski definition) is 2. The Labute approximate surface area is 190 Å². The van der Waals surface area contributed by atoms with Gasteiger partial charge in [0.1, 0.15) is 0 Å². The highest BCUT2D eigenvalue weighted by atomic mass is 19.1. The predicted molar refractivity (Wildman–Crippen MR) is 121 cm³/mol. The summed E-state index contributed by atoms with van der Waals surface area (Å²) in [5.41, 5.74) is 0.124. The van der Waals surface area contributed by atoms with E-state index in [9.17, 15) is 9.90 Å². The van der Waals surface area contributed by atoms with Crippen molar-refractivity contribution in [1.29, 1.82) is 0 Å². The molecule has 1 fully saturated rings. The molecule has 8 nitrogen and oxygen atoms in total. The summed E-state index contributed by atoms with van der Waals surface area (Å²) >= 11 is 0. The fraction of sp³-hybridized carbons (Fsp3) is 0.458. The molecule has 1 aliphatic heterocycles. The lowest BCUT2D eigenvalue weighted by atomic mass is 9.70. The predicted octanol–water partition coefficient (Wildman–Crippen LogP) is 4.26. The zero-order valence-electron chi connectivity index (χ0n) is 18.9. The standard InChI is InChI=1S/C24H27FN4O4/c1-23(2,31)9-10-29-21-16(20(28-29)27-22(30)24(3)7-4-8-24)11-14(12-26-21)15-5-6-17-19(18(15)25)33-13-32-17/h5-6,11-12,31H,4,7-10,13H2,1-3H3,(H,27,28,30). The van der Waals surface area contributed by atoms with Crippen molar-refractivity contribution >= 4 is 22.8 Å². The lowest BCUT2D eigenvalue weighted by Gasteiger charge is -2.36. The highest BCUT2D eigenvalue weighted by Gasteiger charge is 2.39. The lowest BCUT2D eigenvalue weighted by molar-refractivity contribution is -0.128. The summed E-state index contributed by atoms with van der Waals surface area (Å²) in [6, 6.07) is 5.06. The second kappa shape index (κ2) is 7.69. The average Bonchev–Trinajstić information content (AvgIpc) is 3.35. The number of nitrogens with one attached hydrogen (secondary N) is 1. The van der Waals surface area contributed by atoms with Gasteiger partial charge in [0.05, 0.1) is 11.0 Å². The molecule has 0 saturated heterocycles. The second-order valence-electron chi connectivity index (χ2n) is 9.76. The van der Waals surface area contributed by atoms with Crippen LogP contribution in [0.1, 0.15) is 46.5 Å². The SMILES string of the molecule is CC(C)(O)CCn1nc(NC(=O)C2(C)CCC2)c2cc(-c3ccc4c(c3F)OCO4)cnc21. The van der Waals surface area contributed by atoms with Gasteiger partial charge in [0.15, 0.2) is 23.0 Å². The van der Waals surface area contributed by atoms with Gasteiger partial charge in [0.2, 0.25) is 18.4 Å². The Kier molecular flexibility index (Phi) is 5.04. The molecule has 2 aliphatic rings. The normalized spacial score (nSPS) is 16.6. The number of hydrogen-bond acceptors (Lipinski definition) is 6. The molecule has 0 spiro atoms. The first-order valence-corrected chi connectivity index (χ1v) is 11.1. The molecule has 2 aromatic heterocycles. The van der Waals surface area contributed by atoms with E-state index in [0.29, 0.717) is 46.7 Å². The number of rotatable bonds is 6. The number of aromatic nitrogens is 3. The summed E-state index contributed by atoms with van der Waals surface area (Å²) in [5.74, 6) is 0.233. The highest BCUT2D eigenvalue weighted by Crippen LogP contribution is 2.42. The van der Waals surface area contributed by atoms with E-state index in [1.165, 1.54) is 0 Å². The molecule has 0 bridgehead atoms. The third kappa shape index (κ3) is 3.90. The van der Waals surface area contributed by atoms with Crippen LogP contribution in [-0.4, -0.2) is 38.2 Å². The summed E-state index contributed by atoms with van der Waals surface area (Å²) in [5, 5.41) is 18.3. The molecule has 0 radical (unpaired) electrons. The number of halogens is 1. The Hall–Kier alpha value is -3.20. The molecule has 174 valence electrons. The molecule has 2 N–H and O–H groups in total. The van der Waals surface area contributed by atoms with Gasteiger partial charge < -0.3 is 19.9 Å². The van der Waals surface area contributed by atoms with E-state index in [0.717, 1.165) is 19.3 Å². The molecule has 0 atom stereocenters. The molecule has 1 aromatic carbocycles. The van der Waals surface area contributed by atoms with Crippen LogP contribution >= 0.6 is 0 Å². The topological polar surface area (TPSA) is 98.5 Å². The van der Waals surface area contributed by atoms with Gasteiger partial charge >= 0.3 is 0 Å². The second-order valence-corrected chi connectivity index (χ2v) is 9.76. The molecular formula is C24H27FN4O4. The molecule has 0 unspecified atom stereocenters. The number of benzene rings is 1. The third-order valence-corrected chi connectivity index (χ3v) is 6.55. The highest BCUT2D eigenvalue weighted by molar-refractivity contribution is 6.02. The molecule has 1 amide bonds. The molecule has 3 heterocycles. The van der Waals surface area contributed by atoms with E-state index >= 15 is 4.39 Å². The third-order valence-electron chi connectivity index (χ3n) is 6.55. The number of anilines is 1. The summed E-state index contributed by atoms with van der Waals surface area (Å²) in [6.07, 6.45) is 4.73. The van der Waals surface area contributed by atoms with Crippen LogP contribution in [0.2, 0.25) is 0 Å². The van der Waals surface area contributed by atoms with Gasteiger partial charge in [0.25, 0.3) is 0 Å². The van der Waals surface area contributed by atoms with Gasteiger partial charge in [-0.3, -0.25) is 4.79 Å². The van der Waals surface area contributed by atoms with Crippen molar-refractivity contribution in [3.05, 3.63) is 30.2 Å². The maximum atomic E-state index is 15.1. The van der Waals surface area contributed by atoms with E-state index in [-0.39, 0.29) is 18.4 Å². The molecule has 1 saturated carbocycles. The van der Waals surface area contributed by atoms with Gasteiger partial charge in [0, 0.05) is 29.3 Å². The van der Waals surface area contributed by atoms with E-state index in [2.05, 4.69) is 15.4 Å². The zero-order valence-corrected chi connectivity index (χ0v) is 18.9. The Morgan fingerprint density at radius 3 is 2.82 bits per heavy atom. The van der Waals surface area contributed by atoms with Crippen LogP contribution in [0.25, 0.3) is 22.2 Å². The van der Waals surface area contributed by atoms with Crippen LogP contribution in [0, 0.1) is 11.2 Å². The number of carbonyl (C=O) groups excluding carboxylic acids is 1. The minimum Gasteiger partial charge on any atom is -0.453 e. The number of aryl methyl sites for hydroxylation is 1. The van der Waals surface area contributed by atoms with Crippen LogP contribution in [0.4, 0.5) is 10.2 Å². The van der Waals surface area contributed by atoms with Gasteiger partial charge in [-0.2, -0.15) is 5.10 Å². The number of pyridine rings is 1. The first-order valence-electron chi connectivity index (χ1n) is 11.1. The quantitative estimate of drug-likeness (QED) is 0.578. The van der Waals surface area contributed by atoms with Crippen molar-refractivity contribution in [1.82, 2.24) is 14.8 Å². The molecule has 3 aromatic rings. The molecule has 5 rings (SSSR count). The molecule has 33 heavy (non-hydrogen) atoms. The largest absolute Gasteiger partial charge is 0.453 e. The zero-order chi connectivity index (χ0) is 23.4. The summed E-state index contributed by atoms with van der Waals surface area (Å²) in [6.45, 7) is 5.80. The molecule has 9 heteroatoms. The van der Waals surface area contributed by atoms with Gasteiger partial charge in [-0.1, -0.05) is 13.3 Å². The number of ether oxygens (including phenoxy) is 2. The van der Waals surface area contributed by atoms with Crippen LogP contribution < -0.4 is 14.8 Å². The Bertz CT molecular complexity index is 1240.